The van der Waals surface area contributed by atoms with Crippen LogP contribution in [0.25, 0.3) is 11.1 Å². The molecular formula is C21H22ClF2NO3. The monoisotopic (exact) mass is 409 g/mol. The Morgan fingerprint density at radius 2 is 1.86 bits per heavy atom. The molecule has 2 aromatic rings. The van der Waals surface area contributed by atoms with Gasteiger partial charge in [0.05, 0.1) is 13.1 Å². The lowest BCUT2D eigenvalue weighted by atomic mass is 9.89. The molecule has 0 saturated carbocycles. The molecule has 1 amide bonds. The number of benzene rings is 2. The third-order valence-electron chi connectivity index (χ3n) is 4.52. The molecule has 1 aliphatic heterocycles. The van der Waals surface area contributed by atoms with Gasteiger partial charge in [0, 0.05) is 29.3 Å². The van der Waals surface area contributed by atoms with Crippen LogP contribution in [-0.4, -0.2) is 30.2 Å². The maximum atomic E-state index is 14.5. The summed E-state index contributed by atoms with van der Waals surface area (Å²) in [6, 6.07) is 6.74. The van der Waals surface area contributed by atoms with Crippen molar-refractivity contribution in [3.05, 3.63) is 58.1 Å². The van der Waals surface area contributed by atoms with Gasteiger partial charge in [-0.2, -0.15) is 0 Å². The number of ether oxygens (including phenoxy) is 2. The lowest BCUT2D eigenvalue weighted by Crippen LogP contribution is -2.42. The molecule has 0 fully saturated rings. The first-order chi connectivity index (χ1) is 13.1. The maximum absolute atomic E-state index is 14.5. The Morgan fingerprint density at radius 1 is 1.18 bits per heavy atom. The fraction of sp³-hybridized carbons (Fsp3) is 0.381. The fourth-order valence-corrected chi connectivity index (χ4v) is 3.62. The molecule has 0 N–H and O–H groups in total. The number of carbonyl (C=O) groups excluding carboxylic acids is 1. The Kier molecular flexibility index (Phi) is 5.64. The predicted molar refractivity (Wildman–Crippen MR) is 103 cm³/mol. The second-order valence-electron chi connectivity index (χ2n) is 7.70. The Hall–Kier alpha value is -2.18. The van der Waals surface area contributed by atoms with Crippen molar-refractivity contribution in [1.82, 2.24) is 4.90 Å². The lowest BCUT2D eigenvalue weighted by molar-refractivity contribution is 0.000246. The molecule has 7 heteroatoms. The summed E-state index contributed by atoms with van der Waals surface area (Å²) in [6.45, 7) is 5.79. The maximum Gasteiger partial charge on any atom is 0.410 e. The molecule has 0 spiro atoms. The van der Waals surface area contributed by atoms with E-state index in [4.69, 9.17) is 21.1 Å². The summed E-state index contributed by atoms with van der Waals surface area (Å²) in [7, 11) is 1.52. The molecule has 0 saturated heterocycles. The van der Waals surface area contributed by atoms with Crippen LogP contribution in [0.2, 0.25) is 5.02 Å². The topological polar surface area (TPSA) is 38.8 Å². The highest BCUT2D eigenvalue weighted by molar-refractivity contribution is 6.31. The number of fused-ring (bicyclic) bond motifs is 1. The SMILES string of the molecule is COC1CN(C(=O)OC(C)(C)C)Cc2c(-c3ccc(F)cc3F)ccc(Cl)c21. The molecule has 3 rings (SSSR count). The molecule has 0 bridgehead atoms. The first-order valence-electron chi connectivity index (χ1n) is 8.88. The predicted octanol–water partition coefficient (Wildman–Crippen LogP) is 5.72. The first-order valence-corrected chi connectivity index (χ1v) is 9.26. The Bertz CT molecular complexity index is 911. The first kappa shape index (κ1) is 20.6. The van der Waals surface area contributed by atoms with E-state index < -0.39 is 29.4 Å². The van der Waals surface area contributed by atoms with Crippen molar-refractivity contribution in [2.24, 2.45) is 0 Å². The Balaban J connectivity index is 2.10. The van der Waals surface area contributed by atoms with Crippen LogP contribution in [0.4, 0.5) is 13.6 Å². The summed E-state index contributed by atoms with van der Waals surface area (Å²) in [5, 5.41) is 0.469. The van der Waals surface area contributed by atoms with Crippen LogP contribution < -0.4 is 0 Å². The van der Waals surface area contributed by atoms with E-state index in [0.717, 1.165) is 6.07 Å². The van der Waals surface area contributed by atoms with Crippen LogP contribution in [0.5, 0.6) is 0 Å². The smallest absolute Gasteiger partial charge is 0.410 e. The summed E-state index contributed by atoms with van der Waals surface area (Å²) in [6.07, 6.45) is -0.988. The standard InChI is InChI=1S/C21H22ClF2NO3/c1-21(2,3)28-20(26)25-10-15-13(14-6-5-12(23)9-17(14)24)7-8-16(22)19(15)18(11-25)27-4/h5-9,18H,10-11H2,1-4H3. The van der Waals surface area contributed by atoms with E-state index in [1.54, 1.807) is 32.9 Å². The molecule has 0 radical (unpaired) electrons. The van der Waals surface area contributed by atoms with Gasteiger partial charge in [-0.15, -0.1) is 0 Å². The van der Waals surface area contributed by atoms with Gasteiger partial charge in [-0.1, -0.05) is 17.7 Å². The molecule has 150 valence electrons. The van der Waals surface area contributed by atoms with E-state index in [0.29, 0.717) is 21.7 Å². The highest BCUT2D eigenvalue weighted by Crippen LogP contribution is 2.41. The number of methoxy groups -OCH3 is 1. The van der Waals surface area contributed by atoms with E-state index in [-0.39, 0.29) is 18.7 Å². The average molecular weight is 410 g/mol. The zero-order chi connectivity index (χ0) is 20.6. The quantitative estimate of drug-likeness (QED) is 0.636. The second kappa shape index (κ2) is 7.68. The molecule has 4 nitrogen and oxygen atoms in total. The van der Waals surface area contributed by atoms with Crippen molar-refractivity contribution >= 4 is 17.7 Å². The van der Waals surface area contributed by atoms with E-state index in [1.165, 1.54) is 24.1 Å². The van der Waals surface area contributed by atoms with Gasteiger partial charge in [-0.05, 0) is 50.1 Å². The number of halogens is 3. The van der Waals surface area contributed by atoms with Gasteiger partial charge >= 0.3 is 6.09 Å². The third-order valence-corrected chi connectivity index (χ3v) is 4.85. The number of rotatable bonds is 2. The van der Waals surface area contributed by atoms with Gasteiger partial charge in [0.1, 0.15) is 23.3 Å². The zero-order valence-corrected chi connectivity index (χ0v) is 16.9. The van der Waals surface area contributed by atoms with Gasteiger partial charge < -0.3 is 14.4 Å². The molecule has 1 heterocycles. The molecule has 1 unspecified atom stereocenters. The van der Waals surface area contributed by atoms with Gasteiger partial charge in [0.25, 0.3) is 0 Å². The molecule has 2 aromatic carbocycles. The minimum atomic E-state index is -0.687. The Morgan fingerprint density at radius 3 is 2.46 bits per heavy atom. The van der Waals surface area contributed by atoms with E-state index in [1.807, 2.05) is 0 Å². The minimum Gasteiger partial charge on any atom is -0.444 e. The highest BCUT2D eigenvalue weighted by atomic mass is 35.5. The summed E-state index contributed by atoms with van der Waals surface area (Å²) in [4.78, 5) is 14.1. The molecule has 28 heavy (non-hydrogen) atoms. The van der Waals surface area contributed by atoms with Crippen LogP contribution in [0.15, 0.2) is 30.3 Å². The van der Waals surface area contributed by atoms with Crippen molar-refractivity contribution < 1.29 is 23.0 Å². The number of hydrogen-bond acceptors (Lipinski definition) is 3. The molecule has 0 aromatic heterocycles. The van der Waals surface area contributed by atoms with Crippen molar-refractivity contribution in [2.75, 3.05) is 13.7 Å². The zero-order valence-electron chi connectivity index (χ0n) is 16.2. The van der Waals surface area contributed by atoms with Crippen LogP contribution >= 0.6 is 11.6 Å². The fourth-order valence-electron chi connectivity index (χ4n) is 3.32. The van der Waals surface area contributed by atoms with Crippen molar-refractivity contribution in [1.29, 1.82) is 0 Å². The Labute approximate surface area is 168 Å². The molecular weight excluding hydrogens is 388 g/mol. The van der Waals surface area contributed by atoms with Crippen molar-refractivity contribution in [2.45, 2.75) is 39.0 Å². The summed E-state index contributed by atoms with van der Waals surface area (Å²) in [5.41, 5.74) is 1.47. The van der Waals surface area contributed by atoms with Gasteiger partial charge in [-0.3, -0.25) is 0 Å². The van der Waals surface area contributed by atoms with Gasteiger partial charge in [0.2, 0.25) is 0 Å². The van der Waals surface area contributed by atoms with Gasteiger partial charge in [-0.25, -0.2) is 13.6 Å². The highest BCUT2D eigenvalue weighted by Gasteiger charge is 2.34. The van der Waals surface area contributed by atoms with Crippen LogP contribution in [0.1, 0.15) is 38.0 Å². The number of hydrogen-bond donors (Lipinski definition) is 0. The summed E-state index contributed by atoms with van der Waals surface area (Å²) >= 11 is 6.41. The largest absolute Gasteiger partial charge is 0.444 e. The minimum absolute atomic E-state index is 0.177. The lowest BCUT2D eigenvalue weighted by Gasteiger charge is -2.36. The number of carbonyl (C=O) groups is 1. The van der Waals surface area contributed by atoms with Crippen LogP contribution in [-0.2, 0) is 16.0 Å². The van der Waals surface area contributed by atoms with Gasteiger partial charge in [0.15, 0.2) is 0 Å². The third kappa shape index (κ3) is 4.13. The summed E-state index contributed by atoms with van der Waals surface area (Å²) in [5.74, 6) is -1.35. The number of nitrogens with zero attached hydrogens (tertiary/aromatic N) is 1. The second-order valence-corrected chi connectivity index (χ2v) is 8.10. The van der Waals surface area contributed by atoms with Crippen molar-refractivity contribution in [3.8, 4) is 11.1 Å². The normalized spacial score (nSPS) is 16.7. The molecule has 0 aliphatic carbocycles. The molecule has 1 aliphatic rings. The average Bonchev–Trinajstić information content (AvgIpc) is 2.60. The van der Waals surface area contributed by atoms with E-state index >= 15 is 0 Å². The van der Waals surface area contributed by atoms with E-state index in [9.17, 15) is 13.6 Å². The van der Waals surface area contributed by atoms with Crippen LogP contribution in [0, 0.1) is 11.6 Å². The van der Waals surface area contributed by atoms with Crippen LogP contribution in [0.3, 0.4) is 0 Å². The van der Waals surface area contributed by atoms with Crippen molar-refractivity contribution in [3.63, 3.8) is 0 Å². The molecule has 1 atom stereocenters. The van der Waals surface area contributed by atoms with E-state index in [2.05, 4.69) is 0 Å². The summed E-state index contributed by atoms with van der Waals surface area (Å²) < 4.78 is 38.8. The number of amides is 1.